The van der Waals surface area contributed by atoms with Gasteiger partial charge in [0.2, 0.25) is 5.91 Å². The zero-order valence-electron chi connectivity index (χ0n) is 13.2. The molecule has 2 aromatic heterocycles. The topological polar surface area (TPSA) is 85.6 Å². The fourth-order valence-electron chi connectivity index (χ4n) is 2.84. The molecule has 0 radical (unpaired) electrons. The maximum atomic E-state index is 12.1. The number of nitrogens with one attached hydrogen (secondary N) is 1. The third-order valence-corrected chi connectivity index (χ3v) is 5.89. The summed E-state index contributed by atoms with van der Waals surface area (Å²) in [5.41, 5.74) is 0. The Labute approximate surface area is 143 Å². The molecule has 124 valence electrons. The van der Waals surface area contributed by atoms with E-state index in [0.29, 0.717) is 11.8 Å². The van der Waals surface area contributed by atoms with Crippen LogP contribution in [0.2, 0.25) is 0 Å². The van der Waals surface area contributed by atoms with E-state index in [-0.39, 0.29) is 11.9 Å². The van der Waals surface area contributed by atoms with Gasteiger partial charge in [-0.3, -0.25) is 4.79 Å². The van der Waals surface area contributed by atoms with Crippen molar-refractivity contribution in [2.24, 2.45) is 0 Å². The number of nitrogens with zero attached hydrogens (tertiary/aromatic N) is 5. The highest BCUT2D eigenvalue weighted by molar-refractivity contribution is 8.01. The minimum atomic E-state index is -0.151. The molecule has 0 saturated heterocycles. The van der Waals surface area contributed by atoms with Gasteiger partial charge in [-0.15, -0.1) is 20.4 Å². The zero-order valence-corrected chi connectivity index (χ0v) is 14.9. The van der Waals surface area contributed by atoms with Crippen molar-refractivity contribution in [3.05, 3.63) is 17.2 Å². The second-order valence-corrected chi connectivity index (χ2v) is 8.10. The first kappa shape index (κ1) is 16.4. The van der Waals surface area contributed by atoms with E-state index in [1.165, 1.54) is 35.9 Å². The van der Waals surface area contributed by atoms with Gasteiger partial charge in [0.15, 0.2) is 10.2 Å². The van der Waals surface area contributed by atoms with Crippen LogP contribution in [0.5, 0.6) is 0 Å². The highest BCUT2D eigenvalue weighted by Crippen LogP contribution is 2.31. The second kappa shape index (κ2) is 7.39. The van der Waals surface area contributed by atoms with Gasteiger partial charge in [0.05, 0.1) is 11.8 Å². The van der Waals surface area contributed by atoms with Crippen molar-refractivity contribution in [3.8, 4) is 0 Å². The van der Waals surface area contributed by atoms with E-state index < -0.39 is 0 Å². The van der Waals surface area contributed by atoms with Gasteiger partial charge in [0, 0.05) is 6.04 Å². The molecule has 1 aliphatic rings. The predicted molar refractivity (Wildman–Crippen MR) is 89.5 cm³/mol. The Morgan fingerprint density at radius 3 is 2.91 bits per heavy atom. The van der Waals surface area contributed by atoms with Crippen molar-refractivity contribution in [1.29, 1.82) is 0 Å². The van der Waals surface area contributed by atoms with Crippen LogP contribution < -0.4 is 5.32 Å². The van der Waals surface area contributed by atoms with Crippen LogP contribution in [-0.2, 0) is 4.79 Å². The fourth-order valence-corrected chi connectivity index (χ4v) is 4.46. The van der Waals surface area contributed by atoms with E-state index in [1.54, 1.807) is 6.33 Å². The minimum absolute atomic E-state index is 0.0312. The molecule has 0 bridgehead atoms. The number of aryl methyl sites for hydroxylation is 1. The smallest absolute Gasteiger partial charge is 0.231 e. The van der Waals surface area contributed by atoms with E-state index in [9.17, 15) is 4.79 Å². The van der Waals surface area contributed by atoms with Crippen LogP contribution in [0.4, 0.5) is 0 Å². The summed E-state index contributed by atoms with van der Waals surface area (Å²) in [5, 5.41) is 20.1. The Kier molecular flexibility index (Phi) is 5.27. The molecule has 1 aliphatic carbocycles. The minimum Gasteiger partial charge on any atom is -0.346 e. The van der Waals surface area contributed by atoms with E-state index in [4.69, 9.17) is 0 Å². The lowest BCUT2D eigenvalue weighted by atomic mass is 10.2. The van der Waals surface area contributed by atoms with Crippen LogP contribution in [-0.4, -0.2) is 36.6 Å². The molecule has 0 aromatic carbocycles. The summed E-state index contributed by atoms with van der Waals surface area (Å²) in [6, 6.07) is 0.320. The van der Waals surface area contributed by atoms with Gasteiger partial charge in [-0.1, -0.05) is 35.9 Å². The molecule has 7 nitrogen and oxygen atoms in total. The molecule has 1 amide bonds. The number of hydrogen-bond donors (Lipinski definition) is 1. The largest absolute Gasteiger partial charge is 0.346 e. The molecule has 1 atom stereocenters. The monoisotopic (exact) mass is 352 g/mol. The lowest BCUT2D eigenvalue weighted by Gasteiger charge is -2.18. The Morgan fingerprint density at radius 2 is 2.22 bits per heavy atom. The quantitative estimate of drug-likeness (QED) is 0.804. The van der Waals surface area contributed by atoms with Crippen LogP contribution >= 0.6 is 23.1 Å². The molecule has 23 heavy (non-hydrogen) atoms. The summed E-state index contributed by atoms with van der Waals surface area (Å²) in [6.45, 7) is 3.85. The molecular weight excluding hydrogens is 332 g/mol. The number of thioether (sulfide) groups is 1. The van der Waals surface area contributed by atoms with Crippen molar-refractivity contribution in [2.75, 3.05) is 5.75 Å². The molecular formula is C14H20N6OS2. The maximum Gasteiger partial charge on any atom is 0.231 e. The van der Waals surface area contributed by atoms with Gasteiger partial charge >= 0.3 is 0 Å². The van der Waals surface area contributed by atoms with E-state index in [0.717, 1.165) is 28.0 Å². The average Bonchev–Trinajstić information content (AvgIpc) is 3.25. The number of carbonyl (C=O) groups is 1. The zero-order chi connectivity index (χ0) is 16.2. The van der Waals surface area contributed by atoms with Crippen LogP contribution in [0.3, 0.4) is 0 Å². The summed E-state index contributed by atoms with van der Waals surface area (Å²) < 4.78 is 2.94. The molecule has 2 aromatic rings. The van der Waals surface area contributed by atoms with E-state index in [2.05, 4.69) is 30.3 Å². The highest BCUT2D eigenvalue weighted by Gasteiger charge is 2.23. The third-order valence-electron chi connectivity index (χ3n) is 3.92. The van der Waals surface area contributed by atoms with Gasteiger partial charge < -0.3 is 9.88 Å². The standard InChI is InChI=1S/C14H20N6OS2/c1-9(13-18-15-8-20(13)11-5-3-4-6-11)16-12(21)7-22-14-19-17-10(2)23-14/h8-9,11H,3-7H2,1-2H3,(H,16,21)/t9-/m1/s1. The van der Waals surface area contributed by atoms with Crippen LogP contribution in [0.25, 0.3) is 0 Å². The SMILES string of the molecule is Cc1nnc(SCC(=O)N[C@H](C)c2nncn2C2CCCC2)s1. The van der Waals surface area contributed by atoms with Gasteiger partial charge in [-0.25, -0.2) is 0 Å². The van der Waals surface area contributed by atoms with Gasteiger partial charge in [-0.05, 0) is 26.7 Å². The van der Waals surface area contributed by atoms with Gasteiger partial charge in [0.1, 0.15) is 11.3 Å². The number of aromatic nitrogens is 5. The normalized spacial score (nSPS) is 16.6. The first-order chi connectivity index (χ1) is 11.1. The summed E-state index contributed by atoms with van der Waals surface area (Å²) in [7, 11) is 0. The summed E-state index contributed by atoms with van der Waals surface area (Å²) in [6.07, 6.45) is 6.62. The number of carbonyl (C=O) groups excluding carboxylic acids is 1. The Bertz CT molecular complexity index is 664. The van der Waals surface area contributed by atoms with Crippen molar-refractivity contribution in [3.63, 3.8) is 0 Å². The maximum absolute atomic E-state index is 12.1. The van der Waals surface area contributed by atoms with Crippen molar-refractivity contribution < 1.29 is 4.79 Å². The van der Waals surface area contributed by atoms with E-state index >= 15 is 0 Å². The molecule has 9 heteroatoms. The first-order valence-corrected chi connectivity index (χ1v) is 9.55. The molecule has 1 saturated carbocycles. The molecule has 0 unspecified atom stereocenters. The van der Waals surface area contributed by atoms with Crippen molar-refractivity contribution >= 4 is 29.0 Å². The Balaban J connectivity index is 1.55. The lowest BCUT2D eigenvalue weighted by Crippen LogP contribution is -2.30. The molecule has 1 fully saturated rings. The first-order valence-electron chi connectivity index (χ1n) is 7.75. The Hall–Kier alpha value is -1.48. The van der Waals surface area contributed by atoms with Crippen LogP contribution in [0.1, 0.15) is 55.5 Å². The average molecular weight is 352 g/mol. The Morgan fingerprint density at radius 1 is 1.43 bits per heavy atom. The number of rotatable bonds is 6. The summed E-state index contributed by atoms with van der Waals surface area (Å²) >= 11 is 2.91. The molecule has 2 heterocycles. The molecule has 1 N–H and O–H groups in total. The molecule has 0 aliphatic heterocycles. The van der Waals surface area contributed by atoms with Crippen molar-refractivity contribution in [1.82, 2.24) is 30.3 Å². The lowest BCUT2D eigenvalue weighted by molar-refractivity contribution is -0.119. The third kappa shape index (κ3) is 4.08. The molecule has 3 rings (SSSR count). The fraction of sp³-hybridized carbons (Fsp3) is 0.643. The van der Waals surface area contributed by atoms with Gasteiger partial charge in [-0.2, -0.15) is 0 Å². The van der Waals surface area contributed by atoms with Crippen molar-refractivity contribution in [2.45, 2.75) is 56.0 Å². The summed E-state index contributed by atoms with van der Waals surface area (Å²) in [5.74, 6) is 1.13. The summed E-state index contributed by atoms with van der Waals surface area (Å²) in [4.78, 5) is 12.1. The second-order valence-electron chi connectivity index (χ2n) is 5.70. The van der Waals surface area contributed by atoms with E-state index in [1.807, 2.05) is 13.8 Å². The number of hydrogen-bond acceptors (Lipinski definition) is 7. The van der Waals surface area contributed by atoms with Crippen LogP contribution in [0, 0.1) is 6.92 Å². The number of amides is 1. The predicted octanol–water partition coefficient (Wildman–Crippen LogP) is 2.52. The molecule has 0 spiro atoms. The van der Waals surface area contributed by atoms with Gasteiger partial charge in [0.25, 0.3) is 0 Å². The van der Waals surface area contributed by atoms with Crippen LogP contribution in [0.15, 0.2) is 10.7 Å². The highest BCUT2D eigenvalue weighted by atomic mass is 32.2.